The van der Waals surface area contributed by atoms with Crippen LogP contribution in [0.3, 0.4) is 0 Å². The molecule has 0 radical (unpaired) electrons. The minimum Gasteiger partial charge on any atom is -0.481 e. The number of aliphatic carboxylic acids is 1. The summed E-state index contributed by atoms with van der Waals surface area (Å²) in [4.78, 5) is 11.8. The van der Waals surface area contributed by atoms with Crippen LogP contribution in [0, 0.1) is 5.92 Å². The normalized spacial score (nSPS) is 36.9. The smallest absolute Gasteiger partial charge is 0.306 e. The minimum absolute atomic E-state index is 0.0961. The van der Waals surface area contributed by atoms with Gasteiger partial charge in [0, 0.05) is 35.6 Å². The number of hydrogen-bond acceptors (Lipinski definition) is 6. The number of carboxylic acids is 1. The average Bonchev–Trinajstić information content (AvgIpc) is 3.02. The number of fused-ring (bicyclic) bond motifs is 6. The van der Waals surface area contributed by atoms with Crippen LogP contribution in [0.25, 0.3) is 0 Å². The highest BCUT2D eigenvalue weighted by atomic mass is 16.4. The maximum Gasteiger partial charge on any atom is 0.306 e. The molecule has 0 unspecified atom stereocenters. The van der Waals surface area contributed by atoms with Crippen LogP contribution in [0.4, 0.5) is 0 Å². The van der Waals surface area contributed by atoms with Crippen molar-refractivity contribution in [3.05, 3.63) is 35.4 Å². The molecule has 3 aliphatic heterocycles. The minimum atomic E-state index is -1.22. The molecule has 7 nitrogen and oxygen atoms in total. The highest BCUT2D eigenvalue weighted by Gasteiger charge is 2.46. The lowest BCUT2D eigenvalue weighted by Crippen LogP contribution is -2.62. The molecule has 4 bridgehead atoms. The maximum absolute atomic E-state index is 11.8. The summed E-state index contributed by atoms with van der Waals surface area (Å²) < 4.78 is 0. The summed E-state index contributed by atoms with van der Waals surface area (Å²) in [6, 6.07) is 10.6. The van der Waals surface area contributed by atoms with E-state index < -0.39 is 11.6 Å². The number of rotatable bonds is 5. The number of aliphatic hydroxyl groups excluding tert-OH is 1. The fourth-order valence-corrected chi connectivity index (χ4v) is 9.40. The molecule has 7 heteroatoms. The van der Waals surface area contributed by atoms with Gasteiger partial charge in [-0.15, -0.1) is 0 Å². The van der Waals surface area contributed by atoms with E-state index in [4.69, 9.17) is 0 Å². The number of nitrogens with one attached hydrogen (secondary N) is 3. The highest BCUT2D eigenvalue weighted by molar-refractivity contribution is 5.68. The van der Waals surface area contributed by atoms with E-state index in [9.17, 15) is 20.1 Å². The summed E-state index contributed by atoms with van der Waals surface area (Å²) in [5.41, 5.74) is 1.71. The zero-order valence-corrected chi connectivity index (χ0v) is 28.3. The lowest BCUT2D eigenvalue weighted by Gasteiger charge is -2.51. The maximum atomic E-state index is 11.8. The van der Waals surface area contributed by atoms with E-state index in [-0.39, 0.29) is 29.5 Å². The molecular formula is C38H63N3O4. The predicted octanol–water partition coefficient (Wildman–Crippen LogP) is 5.99. The Kier molecular flexibility index (Phi) is 12.1. The van der Waals surface area contributed by atoms with Crippen molar-refractivity contribution in [1.82, 2.24) is 16.0 Å². The van der Waals surface area contributed by atoms with Crippen LogP contribution in [-0.2, 0) is 16.6 Å². The summed E-state index contributed by atoms with van der Waals surface area (Å²) in [7, 11) is 0. The molecule has 6 N–H and O–H groups in total. The van der Waals surface area contributed by atoms with Gasteiger partial charge in [-0.05, 0) is 102 Å². The predicted molar refractivity (Wildman–Crippen MR) is 182 cm³/mol. The molecule has 2 saturated heterocycles. The number of carbonyl (C=O) groups is 1. The number of piperidine rings is 2. The van der Waals surface area contributed by atoms with E-state index in [2.05, 4.69) is 54.1 Å². The van der Waals surface area contributed by atoms with E-state index >= 15 is 0 Å². The van der Waals surface area contributed by atoms with Gasteiger partial charge in [-0.2, -0.15) is 0 Å². The van der Waals surface area contributed by atoms with Crippen LogP contribution < -0.4 is 16.0 Å². The Balaban J connectivity index is 1.40. The standard InChI is InChI=1S/C38H63N3O4/c1-28-33(42)17-16-32(41-28)15-14-29-11-6-3-4-7-18-37(45,26-35(43)44)27-40-36(2)21-22-39-34(25-36)38(19-8-5-9-20-38)31-13-10-12-30(23-29)24-31/h10,12-13,24,28-29,32-34,39-42,45H,3-9,11,14-23,25-27H2,1-2H3,(H,43,44)/t28-,29+,32+,33+,34+,36-,37+/m0/s1. The molecule has 1 aromatic carbocycles. The van der Waals surface area contributed by atoms with Gasteiger partial charge in [0.1, 0.15) is 0 Å². The number of benzene rings is 1. The monoisotopic (exact) mass is 625 g/mol. The second-order valence-electron chi connectivity index (χ2n) is 16.0. The Morgan fingerprint density at radius 2 is 1.71 bits per heavy atom. The van der Waals surface area contributed by atoms with E-state index in [0.29, 0.717) is 31.0 Å². The number of β-amino-alcohol motifs (C(OH)–C–C–N with tert-alkyl or cyclic N) is 1. The van der Waals surface area contributed by atoms with Gasteiger partial charge in [0.2, 0.25) is 0 Å². The molecular weight excluding hydrogens is 562 g/mol. The Bertz CT molecular complexity index is 1090. The molecule has 1 aromatic rings. The molecule has 45 heavy (non-hydrogen) atoms. The van der Waals surface area contributed by atoms with Crippen molar-refractivity contribution >= 4 is 5.97 Å². The quantitative estimate of drug-likeness (QED) is 0.238. The first-order valence-corrected chi connectivity index (χ1v) is 18.5. The van der Waals surface area contributed by atoms with Gasteiger partial charge in [0.25, 0.3) is 0 Å². The van der Waals surface area contributed by atoms with Crippen LogP contribution in [0.5, 0.6) is 0 Å². The molecule has 5 rings (SSSR count). The van der Waals surface area contributed by atoms with E-state index in [1.165, 1.54) is 62.5 Å². The van der Waals surface area contributed by atoms with Gasteiger partial charge in [-0.25, -0.2) is 0 Å². The van der Waals surface area contributed by atoms with Crippen LogP contribution >= 0.6 is 0 Å². The number of hydrogen-bond donors (Lipinski definition) is 6. The summed E-state index contributed by atoms with van der Waals surface area (Å²) in [6.07, 6.45) is 19.0. The summed E-state index contributed by atoms with van der Waals surface area (Å²) in [5.74, 6) is -0.301. The van der Waals surface area contributed by atoms with Gasteiger partial charge in [0.05, 0.1) is 18.1 Å². The number of aliphatic hydroxyl groups is 2. The Morgan fingerprint density at radius 1 is 0.956 bits per heavy atom. The molecule has 0 aromatic heterocycles. The summed E-state index contributed by atoms with van der Waals surface area (Å²) in [5, 5.41) is 42.9. The molecule has 1 aliphatic carbocycles. The van der Waals surface area contributed by atoms with Gasteiger partial charge in [-0.3, -0.25) is 4.79 Å². The van der Waals surface area contributed by atoms with Gasteiger partial charge in [-0.1, -0.05) is 75.6 Å². The van der Waals surface area contributed by atoms with Gasteiger partial charge in [0.15, 0.2) is 0 Å². The molecule has 3 heterocycles. The van der Waals surface area contributed by atoms with Crippen LogP contribution in [0.2, 0.25) is 0 Å². The van der Waals surface area contributed by atoms with Crippen molar-refractivity contribution in [1.29, 1.82) is 0 Å². The third-order valence-electron chi connectivity index (χ3n) is 12.3. The number of carboxylic acid groups (broad SMARTS) is 1. The molecule has 254 valence electrons. The van der Waals surface area contributed by atoms with E-state index in [1.54, 1.807) is 0 Å². The lowest BCUT2D eigenvalue weighted by molar-refractivity contribution is -0.143. The fourth-order valence-electron chi connectivity index (χ4n) is 9.40. The molecule has 3 fully saturated rings. The summed E-state index contributed by atoms with van der Waals surface area (Å²) >= 11 is 0. The SMILES string of the molecule is C[C@@H]1N[C@H](CC[C@H]2CCCCCC[C@@](O)(CC(=O)O)CN[C@@]3(C)CCN[C@H](C3)C3(CCCCC3)c3cccc(c3)C2)CC[C@H]1O. The lowest BCUT2D eigenvalue weighted by atomic mass is 9.61. The van der Waals surface area contributed by atoms with E-state index in [0.717, 1.165) is 64.3 Å². The third kappa shape index (κ3) is 9.31. The Hall–Kier alpha value is -1.51. The van der Waals surface area contributed by atoms with Crippen molar-refractivity contribution in [3.63, 3.8) is 0 Å². The second kappa shape index (κ2) is 15.6. The van der Waals surface area contributed by atoms with Crippen molar-refractivity contribution < 1.29 is 20.1 Å². The zero-order valence-electron chi connectivity index (χ0n) is 28.3. The van der Waals surface area contributed by atoms with Crippen LogP contribution in [0.15, 0.2) is 24.3 Å². The van der Waals surface area contributed by atoms with E-state index in [1.807, 2.05) is 0 Å². The molecule has 1 saturated carbocycles. The molecule has 4 aliphatic rings. The molecule has 1 spiro atoms. The highest BCUT2D eigenvalue weighted by Crippen LogP contribution is 2.46. The second-order valence-corrected chi connectivity index (χ2v) is 16.0. The van der Waals surface area contributed by atoms with Gasteiger partial charge >= 0.3 is 5.97 Å². The molecule has 7 atom stereocenters. The molecule has 0 amide bonds. The average molecular weight is 626 g/mol. The summed E-state index contributed by atoms with van der Waals surface area (Å²) in [6.45, 7) is 5.66. The first kappa shape index (κ1) is 34.8. The Morgan fingerprint density at radius 3 is 2.49 bits per heavy atom. The first-order valence-electron chi connectivity index (χ1n) is 18.5. The Labute approximate surface area is 272 Å². The third-order valence-corrected chi connectivity index (χ3v) is 12.3. The van der Waals surface area contributed by atoms with Crippen molar-refractivity contribution in [2.24, 2.45) is 5.92 Å². The topological polar surface area (TPSA) is 114 Å². The van der Waals surface area contributed by atoms with Crippen LogP contribution in [-0.4, -0.2) is 69.7 Å². The van der Waals surface area contributed by atoms with Crippen molar-refractivity contribution in [3.8, 4) is 0 Å². The van der Waals surface area contributed by atoms with Crippen molar-refractivity contribution in [2.45, 2.75) is 177 Å². The van der Waals surface area contributed by atoms with Crippen LogP contribution in [0.1, 0.15) is 141 Å². The largest absolute Gasteiger partial charge is 0.481 e. The first-order chi connectivity index (χ1) is 21.6. The van der Waals surface area contributed by atoms with Crippen molar-refractivity contribution in [2.75, 3.05) is 13.1 Å². The zero-order chi connectivity index (χ0) is 31.9. The fraction of sp³-hybridized carbons (Fsp3) is 0.816. The van der Waals surface area contributed by atoms with Gasteiger partial charge < -0.3 is 31.3 Å².